The molecule has 20 heavy (non-hydrogen) atoms. The smallest absolute Gasteiger partial charge is 0.248 e. The summed E-state index contributed by atoms with van der Waals surface area (Å²) in [7, 11) is 0. The van der Waals surface area contributed by atoms with Crippen molar-refractivity contribution in [1.82, 2.24) is 9.78 Å². The van der Waals surface area contributed by atoms with Crippen LogP contribution in [-0.2, 0) is 4.79 Å². The molecule has 0 fully saturated rings. The Balaban J connectivity index is 2.17. The van der Waals surface area contributed by atoms with Gasteiger partial charge in [-0.2, -0.15) is 5.10 Å². The molecule has 0 spiro atoms. The zero-order chi connectivity index (χ0) is 14.9. The van der Waals surface area contributed by atoms with Crippen LogP contribution in [0.2, 0.25) is 5.02 Å². The largest absolute Gasteiger partial charge is 0.324 e. The number of nitrogens with zero attached hydrogens (tertiary/aromatic N) is 2. The molecule has 0 saturated heterocycles. The second-order valence-electron chi connectivity index (χ2n) is 4.96. The molecule has 0 radical (unpaired) electrons. The van der Waals surface area contributed by atoms with Crippen molar-refractivity contribution < 1.29 is 4.79 Å². The summed E-state index contributed by atoms with van der Waals surface area (Å²) in [6.45, 7) is 7.62. The van der Waals surface area contributed by atoms with E-state index in [1.807, 2.05) is 39.0 Å². The molecule has 1 atom stereocenters. The predicted octanol–water partition coefficient (Wildman–Crippen LogP) is 3.66. The Bertz CT molecular complexity index is 629. The number of amides is 1. The Kier molecular flexibility index (Phi) is 4.14. The average Bonchev–Trinajstić information content (AvgIpc) is 2.74. The first-order valence-electron chi connectivity index (χ1n) is 6.48. The minimum atomic E-state index is -0.416. The van der Waals surface area contributed by atoms with Crippen LogP contribution in [-0.4, -0.2) is 15.7 Å². The molecule has 4 nitrogen and oxygen atoms in total. The number of hydrogen-bond acceptors (Lipinski definition) is 2. The molecule has 1 aromatic heterocycles. The van der Waals surface area contributed by atoms with Gasteiger partial charge in [0.15, 0.2) is 0 Å². The van der Waals surface area contributed by atoms with Gasteiger partial charge in [-0.1, -0.05) is 23.7 Å². The summed E-state index contributed by atoms with van der Waals surface area (Å²) in [6.07, 6.45) is 1.67. The van der Waals surface area contributed by atoms with Crippen molar-refractivity contribution in [1.29, 1.82) is 0 Å². The molecule has 1 aromatic carbocycles. The molecule has 5 heteroatoms. The van der Waals surface area contributed by atoms with Crippen LogP contribution < -0.4 is 5.32 Å². The van der Waals surface area contributed by atoms with Crippen molar-refractivity contribution in [3.8, 4) is 0 Å². The van der Waals surface area contributed by atoms with Gasteiger partial charge in [-0.3, -0.25) is 9.48 Å². The number of carbonyl (C=O) groups excluding carboxylic acids is 1. The predicted molar refractivity (Wildman–Crippen MR) is 81.2 cm³/mol. The van der Waals surface area contributed by atoms with E-state index >= 15 is 0 Å². The third kappa shape index (κ3) is 2.85. The summed E-state index contributed by atoms with van der Waals surface area (Å²) >= 11 is 5.97. The standard InChI is InChI=1S/C15H18ClN3O/c1-9-6-5-7-14(10(9)2)17-15(20)12(4)19-8-13(16)11(3)18-19/h5-8,12H,1-4H3,(H,17,20). The Morgan fingerprint density at radius 2 is 2.05 bits per heavy atom. The molecule has 1 N–H and O–H groups in total. The molecular formula is C15H18ClN3O. The van der Waals surface area contributed by atoms with Gasteiger partial charge >= 0.3 is 0 Å². The van der Waals surface area contributed by atoms with Crippen LogP contribution >= 0.6 is 11.6 Å². The first kappa shape index (κ1) is 14.6. The number of aromatic nitrogens is 2. The van der Waals surface area contributed by atoms with Gasteiger partial charge < -0.3 is 5.32 Å². The van der Waals surface area contributed by atoms with Crippen molar-refractivity contribution in [3.63, 3.8) is 0 Å². The van der Waals surface area contributed by atoms with E-state index in [4.69, 9.17) is 11.6 Å². The van der Waals surface area contributed by atoms with Gasteiger partial charge in [0, 0.05) is 11.9 Å². The average molecular weight is 292 g/mol. The summed E-state index contributed by atoms with van der Waals surface area (Å²) < 4.78 is 1.58. The molecule has 2 rings (SSSR count). The van der Waals surface area contributed by atoms with Crippen LogP contribution in [0.5, 0.6) is 0 Å². The molecule has 2 aromatic rings. The first-order valence-corrected chi connectivity index (χ1v) is 6.86. The summed E-state index contributed by atoms with van der Waals surface area (Å²) in [4.78, 5) is 12.3. The normalized spacial score (nSPS) is 12.2. The molecule has 1 heterocycles. The van der Waals surface area contributed by atoms with Gasteiger partial charge in [0.25, 0.3) is 0 Å². The number of rotatable bonds is 3. The second-order valence-corrected chi connectivity index (χ2v) is 5.36. The van der Waals surface area contributed by atoms with Gasteiger partial charge in [-0.25, -0.2) is 0 Å². The summed E-state index contributed by atoms with van der Waals surface area (Å²) in [5.41, 5.74) is 3.77. The van der Waals surface area contributed by atoms with Crippen molar-refractivity contribution in [2.45, 2.75) is 33.7 Å². The van der Waals surface area contributed by atoms with Crippen LogP contribution in [0.25, 0.3) is 0 Å². The molecule has 0 aliphatic rings. The first-order chi connectivity index (χ1) is 9.40. The van der Waals surface area contributed by atoms with Gasteiger partial charge in [0.1, 0.15) is 6.04 Å². The highest BCUT2D eigenvalue weighted by Gasteiger charge is 2.18. The zero-order valence-corrected chi connectivity index (χ0v) is 12.8. The number of anilines is 1. The molecule has 0 aliphatic heterocycles. The van der Waals surface area contributed by atoms with E-state index < -0.39 is 6.04 Å². The minimum Gasteiger partial charge on any atom is -0.324 e. The third-order valence-electron chi connectivity index (χ3n) is 3.50. The van der Waals surface area contributed by atoms with Crippen molar-refractivity contribution in [3.05, 3.63) is 46.2 Å². The molecule has 0 saturated carbocycles. The van der Waals surface area contributed by atoms with Gasteiger partial charge in [-0.15, -0.1) is 0 Å². The van der Waals surface area contributed by atoms with Crippen LogP contribution in [0, 0.1) is 20.8 Å². The fourth-order valence-electron chi connectivity index (χ4n) is 1.90. The SMILES string of the molecule is Cc1cccc(NC(=O)C(C)n2cc(Cl)c(C)n2)c1C. The highest BCUT2D eigenvalue weighted by molar-refractivity contribution is 6.31. The highest BCUT2D eigenvalue weighted by atomic mass is 35.5. The monoisotopic (exact) mass is 291 g/mol. The maximum Gasteiger partial charge on any atom is 0.248 e. The molecular weight excluding hydrogens is 274 g/mol. The van der Waals surface area contributed by atoms with E-state index in [0.29, 0.717) is 5.02 Å². The highest BCUT2D eigenvalue weighted by Crippen LogP contribution is 2.21. The molecule has 1 amide bonds. The second kappa shape index (κ2) is 5.67. The summed E-state index contributed by atoms with van der Waals surface area (Å²) in [5.74, 6) is -0.113. The number of hydrogen-bond donors (Lipinski definition) is 1. The Hall–Kier alpha value is -1.81. The third-order valence-corrected chi connectivity index (χ3v) is 3.87. The van der Waals surface area contributed by atoms with E-state index in [0.717, 1.165) is 22.5 Å². The maximum atomic E-state index is 12.3. The topological polar surface area (TPSA) is 46.9 Å². The number of aryl methyl sites for hydroxylation is 2. The Morgan fingerprint density at radius 3 is 2.65 bits per heavy atom. The van der Waals surface area contributed by atoms with E-state index in [9.17, 15) is 4.79 Å². The maximum absolute atomic E-state index is 12.3. The number of nitrogens with one attached hydrogen (secondary N) is 1. The van der Waals surface area contributed by atoms with E-state index in [1.54, 1.807) is 17.8 Å². The quantitative estimate of drug-likeness (QED) is 0.938. The lowest BCUT2D eigenvalue weighted by atomic mass is 10.1. The Labute approximate surface area is 123 Å². The van der Waals surface area contributed by atoms with Crippen LogP contribution in [0.4, 0.5) is 5.69 Å². The van der Waals surface area contributed by atoms with Gasteiger partial charge in [-0.05, 0) is 44.9 Å². The summed E-state index contributed by atoms with van der Waals surface area (Å²) in [6, 6.07) is 5.43. The lowest BCUT2D eigenvalue weighted by Crippen LogP contribution is -2.24. The molecule has 0 bridgehead atoms. The molecule has 1 unspecified atom stereocenters. The minimum absolute atomic E-state index is 0.113. The lowest BCUT2D eigenvalue weighted by Gasteiger charge is -2.15. The molecule has 0 aliphatic carbocycles. The van der Waals surface area contributed by atoms with Gasteiger partial charge in [0.2, 0.25) is 5.91 Å². The summed E-state index contributed by atoms with van der Waals surface area (Å²) in [5, 5.41) is 7.74. The van der Waals surface area contributed by atoms with Crippen LogP contribution in [0.1, 0.15) is 29.8 Å². The van der Waals surface area contributed by atoms with Crippen LogP contribution in [0.3, 0.4) is 0 Å². The fourth-order valence-corrected chi connectivity index (χ4v) is 2.04. The van der Waals surface area contributed by atoms with Crippen molar-refractivity contribution in [2.75, 3.05) is 5.32 Å². The number of benzene rings is 1. The van der Waals surface area contributed by atoms with Gasteiger partial charge in [0.05, 0.1) is 10.7 Å². The van der Waals surface area contributed by atoms with Crippen molar-refractivity contribution in [2.24, 2.45) is 0 Å². The Morgan fingerprint density at radius 1 is 1.35 bits per heavy atom. The van der Waals surface area contributed by atoms with E-state index in [-0.39, 0.29) is 5.91 Å². The number of halogens is 1. The zero-order valence-electron chi connectivity index (χ0n) is 12.1. The van der Waals surface area contributed by atoms with E-state index in [2.05, 4.69) is 10.4 Å². The lowest BCUT2D eigenvalue weighted by molar-refractivity contribution is -0.119. The van der Waals surface area contributed by atoms with Crippen LogP contribution in [0.15, 0.2) is 24.4 Å². The molecule has 106 valence electrons. The van der Waals surface area contributed by atoms with E-state index in [1.165, 1.54) is 0 Å². The fraction of sp³-hybridized carbons (Fsp3) is 0.333. The number of carbonyl (C=O) groups is 1. The van der Waals surface area contributed by atoms with Crippen molar-refractivity contribution >= 4 is 23.2 Å².